The summed E-state index contributed by atoms with van der Waals surface area (Å²) in [6.07, 6.45) is 12.4. The molecule has 14 heteroatoms. The van der Waals surface area contributed by atoms with E-state index in [9.17, 15) is 9.59 Å². The summed E-state index contributed by atoms with van der Waals surface area (Å²) >= 11 is 0. The predicted molar refractivity (Wildman–Crippen MR) is 189 cm³/mol. The van der Waals surface area contributed by atoms with E-state index >= 15 is 0 Å². The molecular weight excluding hydrogens is 610 g/mol. The molecule has 2 aliphatic rings. The van der Waals surface area contributed by atoms with Gasteiger partial charge < -0.3 is 41.9 Å². The zero-order valence-corrected chi connectivity index (χ0v) is 28.4. The number of hydrogen-bond donors (Lipinski definition) is 7. The van der Waals surface area contributed by atoms with Gasteiger partial charge in [0.2, 0.25) is 11.9 Å². The molecule has 2 aromatic rings. The molecule has 2 fully saturated rings. The molecule has 48 heavy (non-hydrogen) atoms. The number of fused-ring (bicyclic) bond motifs is 1. The highest BCUT2D eigenvalue weighted by atomic mass is 16.4. The molecule has 8 N–H and O–H groups in total. The molecule has 1 saturated carbocycles. The average Bonchev–Trinajstić information content (AvgIpc) is 3.11. The minimum absolute atomic E-state index is 0.0654. The minimum atomic E-state index is -1.09. The van der Waals surface area contributed by atoms with Gasteiger partial charge in [-0.2, -0.15) is 10.1 Å². The highest BCUT2D eigenvalue weighted by Gasteiger charge is 2.25. The Morgan fingerprint density at radius 1 is 1.06 bits per heavy atom. The van der Waals surface area contributed by atoms with Gasteiger partial charge in [-0.3, -0.25) is 9.59 Å². The summed E-state index contributed by atoms with van der Waals surface area (Å²) in [5.41, 5.74) is 14.7. The molecule has 0 bridgehead atoms. The molecule has 1 aromatic carbocycles. The maximum absolute atomic E-state index is 12.6. The van der Waals surface area contributed by atoms with Crippen molar-refractivity contribution in [2.75, 3.05) is 63.1 Å². The van der Waals surface area contributed by atoms with Crippen LogP contribution in [0.25, 0.3) is 10.9 Å². The number of likely N-dealkylation sites (N-methyl/N-ethyl adjacent to an activating group) is 1. The van der Waals surface area contributed by atoms with Gasteiger partial charge in [0, 0.05) is 56.8 Å². The standard InChI is InChI=1S/C34H55N11O3/c1-44(24-27(43-36)23-38-19-7-17-37-18-8-20-39-25-9-3-2-4-10-25)34-41-30-12-6-5-11-28(30)32(42-34)40-26-15-21-45(22-16-26)31(46)14-13-29(35)33(47)48/h5-6,11-12,23,25-26,29,36-39H,2-4,7-10,13-22,24,35H2,1H3,(H,47,48)(H,40,41,42)/b27-23-,43-36?/t29-/m0/s1. The molecule has 1 aliphatic carbocycles. The Bertz CT molecular complexity index is 1340. The predicted octanol–water partition coefficient (Wildman–Crippen LogP) is 3.42. The Kier molecular flexibility index (Phi) is 15.3. The zero-order valence-electron chi connectivity index (χ0n) is 28.4. The summed E-state index contributed by atoms with van der Waals surface area (Å²) in [5.74, 6) is 0.0935. The summed E-state index contributed by atoms with van der Waals surface area (Å²) in [6.45, 7) is 5.35. The third-order valence-electron chi connectivity index (χ3n) is 9.16. The third kappa shape index (κ3) is 12.0. The summed E-state index contributed by atoms with van der Waals surface area (Å²) < 4.78 is 0. The first kappa shape index (κ1) is 36.9. The summed E-state index contributed by atoms with van der Waals surface area (Å²) in [6, 6.07) is 7.66. The molecule has 0 spiro atoms. The SMILES string of the molecule is CN(C/C(=C/NCCCNCCCNC1CCCCC1)N=N)c1nc(NC2CCN(C(=O)CC[C@H](N)C(=O)O)CC2)c2ccccc2n1. The van der Waals surface area contributed by atoms with Crippen LogP contribution in [0.5, 0.6) is 0 Å². The van der Waals surface area contributed by atoms with Crippen molar-refractivity contribution in [3.8, 4) is 0 Å². The van der Waals surface area contributed by atoms with Crippen LogP contribution in [0.1, 0.15) is 70.6 Å². The van der Waals surface area contributed by atoms with E-state index in [2.05, 4.69) is 26.4 Å². The average molecular weight is 666 g/mol. The number of hydrogen-bond acceptors (Lipinski definition) is 12. The normalized spacial score (nSPS) is 16.9. The topological polar surface area (TPSA) is 197 Å². The number of carbonyl (C=O) groups excluding carboxylic acids is 1. The van der Waals surface area contributed by atoms with Gasteiger partial charge in [-0.1, -0.05) is 31.4 Å². The Morgan fingerprint density at radius 2 is 1.79 bits per heavy atom. The van der Waals surface area contributed by atoms with Crippen LogP contribution in [0.4, 0.5) is 11.8 Å². The number of carboxylic acids is 1. The van der Waals surface area contributed by atoms with Crippen LogP contribution in [-0.4, -0.2) is 103 Å². The molecule has 1 saturated heterocycles. The van der Waals surface area contributed by atoms with Crippen LogP contribution in [0.3, 0.4) is 0 Å². The largest absolute Gasteiger partial charge is 0.480 e. The van der Waals surface area contributed by atoms with Gasteiger partial charge in [0.15, 0.2) is 0 Å². The summed E-state index contributed by atoms with van der Waals surface area (Å²) in [4.78, 5) is 36.9. The number of amides is 1. The van der Waals surface area contributed by atoms with E-state index in [1.165, 1.54) is 32.1 Å². The van der Waals surface area contributed by atoms with E-state index in [-0.39, 0.29) is 24.8 Å². The number of nitrogens with zero attached hydrogens (tertiary/aromatic N) is 5. The Labute approximate surface area is 284 Å². The van der Waals surface area contributed by atoms with Gasteiger partial charge in [0.05, 0.1) is 17.8 Å². The molecular formula is C34H55N11O3. The lowest BCUT2D eigenvalue weighted by atomic mass is 9.95. The van der Waals surface area contributed by atoms with Crippen LogP contribution < -0.4 is 31.9 Å². The number of anilines is 2. The first-order valence-electron chi connectivity index (χ1n) is 17.6. The smallest absolute Gasteiger partial charge is 0.320 e. The molecule has 0 radical (unpaired) electrons. The fourth-order valence-electron chi connectivity index (χ4n) is 6.26. The number of aliphatic carboxylic acids is 1. The molecule has 1 atom stereocenters. The van der Waals surface area contributed by atoms with Crippen LogP contribution in [0.15, 0.2) is 41.3 Å². The minimum Gasteiger partial charge on any atom is -0.480 e. The maximum Gasteiger partial charge on any atom is 0.320 e. The van der Waals surface area contributed by atoms with Crippen molar-refractivity contribution in [3.63, 3.8) is 0 Å². The second kappa shape index (κ2) is 19.8. The molecule has 14 nitrogen and oxygen atoms in total. The lowest BCUT2D eigenvalue weighted by molar-refractivity contribution is -0.139. The Morgan fingerprint density at radius 3 is 2.52 bits per heavy atom. The molecule has 264 valence electrons. The Balaban J connectivity index is 1.21. The van der Waals surface area contributed by atoms with E-state index < -0.39 is 12.0 Å². The van der Waals surface area contributed by atoms with Crippen molar-refractivity contribution in [1.82, 2.24) is 30.8 Å². The fourth-order valence-corrected chi connectivity index (χ4v) is 6.26. The van der Waals surface area contributed by atoms with Crippen LogP contribution in [0, 0.1) is 5.53 Å². The molecule has 1 aliphatic heterocycles. The van der Waals surface area contributed by atoms with Crippen molar-refractivity contribution >= 4 is 34.5 Å². The molecule has 4 rings (SSSR count). The van der Waals surface area contributed by atoms with Crippen LogP contribution in [0.2, 0.25) is 0 Å². The Hall–Kier alpha value is -3.88. The first-order valence-corrected chi connectivity index (χ1v) is 17.6. The summed E-state index contributed by atoms with van der Waals surface area (Å²) in [5, 5.41) is 27.7. The number of nitrogens with one attached hydrogen (secondary N) is 5. The van der Waals surface area contributed by atoms with E-state index in [1.54, 1.807) is 11.1 Å². The number of benzene rings is 1. The van der Waals surface area contributed by atoms with Crippen molar-refractivity contribution in [3.05, 3.63) is 36.2 Å². The highest BCUT2D eigenvalue weighted by Crippen LogP contribution is 2.26. The number of likely N-dealkylation sites (tertiary alicyclic amines) is 1. The fraction of sp³-hybridized carbons (Fsp3) is 0.647. The highest BCUT2D eigenvalue weighted by molar-refractivity contribution is 5.90. The number of aromatic nitrogens is 2. The molecule has 2 heterocycles. The van der Waals surface area contributed by atoms with E-state index in [4.69, 9.17) is 26.3 Å². The zero-order chi connectivity index (χ0) is 34.1. The second-order valence-electron chi connectivity index (χ2n) is 13.0. The van der Waals surface area contributed by atoms with Gasteiger partial charge in [-0.15, -0.1) is 0 Å². The number of piperidine rings is 1. The van der Waals surface area contributed by atoms with Gasteiger partial charge >= 0.3 is 5.97 Å². The van der Waals surface area contributed by atoms with Crippen molar-refractivity contribution in [2.45, 2.75) is 88.8 Å². The number of rotatable bonds is 20. The van der Waals surface area contributed by atoms with Gasteiger partial charge in [-0.05, 0) is 76.7 Å². The lowest BCUT2D eigenvalue weighted by Crippen LogP contribution is -2.43. The number of carboxylic acid groups (broad SMARTS) is 1. The van der Waals surface area contributed by atoms with Gasteiger partial charge in [0.1, 0.15) is 11.9 Å². The second-order valence-corrected chi connectivity index (χ2v) is 13.0. The van der Waals surface area contributed by atoms with E-state index in [0.29, 0.717) is 31.3 Å². The summed E-state index contributed by atoms with van der Waals surface area (Å²) in [7, 11) is 1.89. The lowest BCUT2D eigenvalue weighted by Gasteiger charge is -2.33. The van der Waals surface area contributed by atoms with Crippen LogP contribution in [-0.2, 0) is 9.59 Å². The third-order valence-corrected chi connectivity index (χ3v) is 9.16. The van der Waals surface area contributed by atoms with E-state index in [0.717, 1.165) is 74.6 Å². The van der Waals surface area contributed by atoms with E-state index in [1.807, 2.05) is 36.2 Å². The first-order chi connectivity index (χ1) is 23.3. The number of para-hydroxylation sites is 1. The molecule has 0 unspecified atom stereocenters. The monoisotopic (exact) mass is 665 g/mol. The quantitative estimate of drug-likeness (QED) is 0.0808. The maximum atomic E-state index is 12.6. The van der Waals surface area contributed by atoms with Crippen molar-refractivity contribution in [1.29, 1.82) is 5.53 Å². The van der Waals surface area contributed by atoms with Gasteiger partial charge in [0.25, 0.3) is 0 Å². The van der Waals surface area contributed by atoms with Crippen LogP contribution >= 0.6 is 0 Å². The number of nitrogens with two attached hydrogens (primary N) is 1. The molecule has 1 amide bonds. The molecule has 1 aromatic heterocycles. The number of carbonyl (C=O) groups is 2. The van der Waals surface area contributed by atoms with Crippen molar-refractivity contribution < 1.29 is 14.7 Å². The van der Waals surface area contributed by atoms with Gasteiger partial charge in [-0.25, -0.2) is 10.5 Å². The van der Waals surface area contributed by atoms with Crippen molar-refractivity contribution in [2.24, 2.45) is 10.8 Å².